The number of para-hydroxylation sites is 2. The molecule has 10 nitrogen and oxygen atoms in total. The molecule has 40 heavy (non-hydrogen) atoms. The SMILES string of the molecule is C[C@H]1CN([C@@H](C)CO)C(=O)c2cccc(NC(=O)Nc3ccccc3)c2O[C@H]1CN(C)C(=O)NC1CCCCC1. The third-order valence-electron chi connectivity index (χ3n) is 7.70. The van der Waals surface area contributed by atoms with Crippen LogP contribution in [0.1, 0.15) is 56.3 Å². The maximum atomic E-state index is 13.7. The second-order valence-electron chi connectivity index (χ2n) is 10.9. The molecule has 5 amide bonds. The monoisotopic (exact) mass is 551 g/mol. The Balaban J connectivity index is 1.59. The minimum absolute atomic E-state index is 0.157. The van der Waals surface area contributed by atoms with Crippen molar-refractivity contribution in [2.75, 3.05) is 37.4 Å². The summed E-state index contributed by atoms with van der Waals surface area (Å²) >= 11 is 0. The number of carbonyl (C=O) groups excluding carboxylic acids is 3. The van der Waals surface area contributed by atoms with Gasteiger partial charge in [-0.05, 0) is 44.0 Å². The van der Waals surface area contributed by atoms with Gasteiger partial charge in [0.05, 0.1) is 30.4 Å². The van der Waals surface area contributed by atoms with Crippen LogP contribution < -0.4 is 20.7 Å². The number of likely N-dealkylation sites (N-methyl/N-ethyl adjacent to an activating group) is 1. The number of fused-ring (bicyclic) bond motifs is 1. The minimum Gasteiger partial charge on any atom is -0.485 e. The van der Waals surface area contributed by atoms with Crippen molar-refractivity contribution >= 4 is 29.3 Å². The van der Waals surface area contributed by atoms with Crippen LogP contribution in [0.25, 0.3) is 0 Å². The number of hydrogen-bond acceptors (Lipinski definition) is 5. The lowest BCUT2D eigenvalue weighted by atomic mass is 9.96. The van der Waals surface area contributed by atoms with Gasteiger partial charge >= 0.3 is 12.1 Å². The molecule has 2 aromatic rings. The van der Waals surface area contributed by atoms with Gasteiger partial charge in [0, 0.05) is 31.2 Å². The standard InChI is InChI=1S/C30H41N5O5/c1-20-17-35(21(2)19-36)28(37)24-15-10-16-25(33-29(38)31-22-11-6-4-7-12-22)27(24)40-26(20)18-34(3)30(39)32-23-13-8-5-9-14-23/h4,6-7,10-12,15-16,20-21,23,26,36H,5,8-9,13-14,17-19H2,1-3H3,(H,32,39)(H2,31,33,38)/t20-,21-,26-/m0/s1. The van der Waals surface area contributed by atoms with Crippen LogP contribution in [0.3, 0.4) is 0 Å². The highest BCUT2D eigenvalue weighted by Crippen LogP contribution is 2.35. The Bertz CT molecular complexity index is 1170. The van der Waals surface area contributed by atoms with Gasteiger partial charge in [-0.25, -0.2) is 9.59 Å². The number of hydrogen-bond donors (Lipinski definition) is 4. The number of carbonyl (C=O) groups is 3. The number of urea groups is 2. The number of aliphatic hydroxyl groups excluding tert-OH is 1. The van der Waals surface area contributed by atoms with Gasteiger partial charge in [0.25, 0.3) is 5.91 Å². The van der Waals surface area contributed by atoms with Crippen molar-refractivity contribution in [2.45, 2.75) is 64.1 Å². The van der Waals surface area contributed by atoms with Crippen molar-refractivity contribution in [3.05, 3.63) is 54.1 Å². The fourth-order valence-electron chi connectivity index (χ4n) is 5.25. The molecule has 2 aromatic carbocycles. The van der Waals surface area contributed by atoms with E-state index in [0.717, 1.165) is 25.7 Å². The van der Waals surface area contributed by atoms with Gasteiger partial charge in [-0.15, -0.1) is 0 Å². The molecule has 0 aromatic heterocycles. The van der Waals surface area contributed by atoms with Crippen molar-refractivity contribution < 1.29 is 24.2 Å². The summed E-state index contributed by atoms with van der Waals surface area (Å²) in [6, 6.07) is 13.2. The summed E-state index contributed by atoms with van der Waals surface area (Å²) in [6.07, 6.45) is 4.93. The minimum atomic E-state index is -0.484. The summed E-state index contributed by atoms with van der Waals surface area (Å²) in [6.45, 7) is 4.18. The maximum Gasteiger partial charge on any atom is 0.323 e. The van der Waals surface area contributed by atoms with Gasteiger partial charge in [0.2, 0.25) is 0 Å². The number of nitrogens with one attached hydrogen (secondary N) is 3. The molecule has 1 aliphatic carbocycles. The van der Waals surface area contributed by atoms with E-state index in [1.807, 2.05) is 25.1 Å². The zero-order valence-electron chi connectivity index (χ0n) is 23.6. The lowest BCUT2D eigenvalue weighted by molar-refractivity contribution is 0.0368. The zero-order valence-corrected chi connectivity index (χ0v) is 23.6. The fourth-order valence-corrected chi connectivity index (χ4v) is 5.25. The summed E-state index contributed by atoms with van der Waals surface area (Å²) in [7, 11) is 1.74. The molecule has 2 aliphatic rings. The Morgan fingerprint density at radius 2 is 1.80 bits per heavy atom. The molecule has 1 fully saturated rings. The van der Waals surface area contributed by atoms with E-state index in [2.05, 4.69) is 16.0 Å². The number of aliphatic hydroxyl groups is 1. The zero-order chi connectivity index (χ0) is 28.6. The molecule has 0 radical (unpaired) electrons. The molecule has 0 bridgehead atoms. The predicted octanol–water partition coefficient (Wildman–Crippen LogP) is 4.52. The summed E-state index contributed by atoms with van der Waals surface area (Å²) in [5, 5.41) is 18.7. The van der Waals surface area contributed by atoms with Crippen molar-refractivity contribution in [1.29, 1.82) is 0 Å². The van der Waals surface area contributed by atoms with E-state index in [0.29, 0.717) is 17.9 Å². The van der Waals surface area contributed by atoms with Gasteiger partial charge in [-0.2, -0.15) is 0 Å². The molecule has 4 rings (SSSR count). The van der Waals surface area contributed by atoms with Crippen molar-refractivity contribution in [1.82, 2.24) is 15.1 Å². The van der Waals surface area contributed by atoms with Crippen LogP contribution >= 0.6 is 0 Å². The molecule has 0 saturated heterocycles. The Kier molecular flexibility index (Phi) is 9.87. The highest BCUT2D eigenvalue weighted by Gasteiger charge is 2.35. The van der Waals surface area contributed by atoms with Crippen molar-refractivity contribution in [2.24, 2.45) is 5.92 Å². The molecule has 216 valence electrons. The van der Waals surface area contributed by atoms with E-state index in [-0.39, 0.29) is 48.4 Å². The van der Waals surface area contributed by atoms with Crippen LogP contribution in [0.15, 0.2) is 48.5 Å². The highest BCUT2D eigenvalue weighted by molar-refractivity contribution is 6.04. The highest BCUT2D eigenvalue weighted by atomic mass is 16.5. The second kappa shape index (κ2) is 13.5. The van der Waals surface area contributed by atoms with Gasteiger partial charge in [0.15, 0.2) is 5.75 Å². The van der Waals surface area contributed by atoms with Crippen LogP contribution in [0.2, 0.25) is 0 Å². The Morgan fingerprint density at radius 1 is 1.07 bits per heavy atom. The lowest BCUT2D eigenvalue weighted by Gasteiger charge is -2.38. The molecule has 1 aliphatic heterocycles. The van der Waals surface area contributed by atoms with Gasteiger partial charge in [-0.3, -0.25) is 4.79 Å². The van der Waals surface area contributed by atoms with Crippen molar-refractivity contribution in [3.63, 3.8) is 0 Å². The van der Waals surface area contributed by atoms with Crippen LogP contribution in [0.5, 0.6) is 5.75 Å². The first-order valence-corrected chi connectivity index (χ1v) is 14.1. The summed E-state index contributed by atoms with van der Waals surface area (Å²) in [5.41, 5.74) is 1.24. The maximum absolute atomic E-state index is 13.7. The van der Waals surface area contributed by atoms with E-state index in [1.165, 1.54) is 6.42 Å². The fraction of sp³-hybridized carbons (Fsp3) is 0.500. The molecule has 1 heterocycles. The Labute approximate surface area is 236 Å². The summed E-state index contributed by atoms with van der Waals surface area (Å²) < 4.78 is 6.50. The van der Waals surface area contributed by atoms with Crippen LogP contribution in [-0.4, -0.2) is 77.8 Å². The summed E-state index contributed by atoms with van der Waals surface area (Å²) in [4.78, 5) is 42.8. The molecule has 0 unspecified atom stereocenters. The average Bonchev–Trinajstić information content (AvgIpc) is 2.95. The lowest BCUT2D eigenvalue weighted by Crippen LogP contribution is -2.52. The third-order valence-corrected chi connectivity index (χ3v) is 7.70. The van der Waals surface area contributed by atoms with E-state index in [9.17, 15) is 19.5 Å². The van der Waals surface area contributed by atoms with Gasteiger partial charge < -0.3 is 35.6 Å². The summed E-state index contributed by atoms with van der Waals surface area (Å²) in [5.74, 6) is -0.233. The first kappa shape index (κ1) is 29.2. The molecular weight excluding hydrogens is 510 g/mol. The largest absolute Gasteiger partial charge is 0.485 e. The first-order valence-electron chi connectivity index (χ1n) is 14.1. The van der Waals surface area contributed by atoms with Crippen molar-refractivity contribution in [3.8, 4) is 5.75 Å². The Hall–Kier alpha value is -3.79. The number of benzene rings is 2. The smallest absolute Gasteiger partial charge is 0.323 e. The topological polar surface area (TPSA) is 123 Å². The third kappa shape index (κ3) is 7.24. The second-order valence-corrected chi connectivity index (χ2v) is 10.9. The van der Waals surface area contributed by atoms with Crippen LogP contribution in [0.4, 0.5) is 21.0 Å². The van der Waals surface area contributed by atoms with Crippen LogP contribution in [-0.2, 0) is 0 Å². The first-order chi connectivity index (χ1) is 19.3. The number of ether oxygens (including phenoxy) is 1. The van der Waals surface area contributed by atoms with Gasteiger partial charge in [-0.1, -0.05) is 50.5 Å². The molecule has 1 saturated carbocycles. The average molecular weight is 552 g/mol. The van der Waals surface area contributed by atoms with E-state index >= 15 is 0 Å². The molecular formula is C30H41N5O5. The normalized spacial score (nSPS) is 20.3. The molecule has 0 spiro atoms. The van der Waals surface area contributed by atoms with Gasteiger partial charge in [0.1, 0.15) is 6.10 Å². The van der Waals surface area contributed by atoms with Crippen LogP contribution in [0, 0.1) is 5.92 Å². The Morgan fingerprint density at radius 3 is 2.50 bits per heavy atom. The molecule has 4 N–H and O–H groups in total. The number of rotatable bonds is 7. The number of amides is 5. The molecule has 3 atom stereocenters. The quantitative estimate of drug-likeness (QED) is 0.403. The number of nitrogens with zero attached hydrogens (tertiary/aromatic N) is 2. The predicted molar refractivity (Wildman–Crippen MR) is 155 cm³/mol. The van der Waals surface area contributed by atoms with E-state index in [4.69, 9.17) is 4.74 Å². The molecule has 10 heteroatoms. The number of anilines is 2. The van der Waals surface area contributed by atoms with E-state index < -0.39 is 18.2 Å². The van der Waals surface area contributed by atoms with E-state index in [1.54, 1.807) is 54.1 Å².